The lowest BCUT2D eigenvalue weighted by atomic mass is 10.00. The molecular formula is C12H8N2O2. The molecule has 0 heterocycles. The molecule has 0 aliphatic heterocycles. The summed E-state index contributed by atoms with van der Waals surface area (Å²) in [5.41, 5.74) is 0.450. The van der Waals surface area contributed by atoms with Gasteiger partial charge in [0.25, 0.3) is 0 Å². The van der Waals surface area contributed by atoms with Crippen molar-refractivity contribution < 1.29 is 4.92 Å². The van der Waals surface area contributed by atoms with Crippen molar-refractivity contribution in [3.8, 4) is 6.07 Å². The van der Waals surface area contributed by atoms with E-state index >= 15 is 0 Å². The van der Waals surface area contributed by atoms with Crippen LogP contribution in [0.5, 0.6) is 0 Å². The van der Waals surface area contributed by atoms with Gasteiger partial charge in [-0.15, -0.1) is 0 Å². The molecule has 0 aliphatic carbocycles. The first kappa shape index (κ1) is 10.1. The van der Waals surface area contributed by atoms with Gasteiger partial charge >= 0.3 is 6.04 Å². The summed E-state index contributed by atoms with van der Waals surface area (Å²) in [6.07, 6.45) is 0. The average Bonchev–Trinajstić information content (AvgIpc) is 2.30. The van der Waals surface area contributed by atoms with Crippen LogP contribution in [0, 0.1) is 21.4 Å². The number of hydrogen-bond acceptors (Lipinski definition) is 3. The van der Waals surface area contributed by atoms with E-state index in [1.807, 2.05) is 18.2 Å². The highest BCUT2D eigenvalue weighted by molar-refractivity contribution is 5.86. The standard InChI is InChI=1S/C12H8N2O2/c13-8-12(14(15)16)11-7-3-5-9-4-1-2-6-10(9)11/h1-7,12H. The van der Waals surface area contributed by atoms with E-state index < -0.39 is 11.0 Å². The van der Waals surface area contributed by atoms with Crippen molar-refractivity contribution in [2.24, 2.45) is 0 Å². The molecule has 2 rings (SSSR count). The second-order valence-corrected chi connectivity index (χ2v) is 3.39. The summed E-state index contributed by atoms with van der Waals surface area (Å²) >= 11 is 0. The van der Waals surface area contributed by atoms with E-state index in [0.717, 1.165) is 10.8 Å². The molecule has 1 unspecified atom stereocenters. The minimum absolute atomic E-state index is 0.450. The fraction of sp³-hybridized carbons (Fsp3) is 0.0833. The molecule has 2 aromatic carbocycles. The molecule has 0 saturated carbocycles. The second kappa shape index (κ2) is 3.99. The summed E-state index contributed by atoms with van der Waals surface area (Å²) in [7, 11) is 0. The molecule has 0 fully saturated rings. The molecule has 0 saturated heterocycles. The van der Waals surface area contributed by atoms with Gasteiger partial charge < -0.3 is 0 Å². The Balaban J connectivity index is 2.69. The second-order valence-electron chi connectivity index (χ2n) is 3.39. The number of fused-ring (bicyclic) bond motifs is 1. The normalized spacial score (nSPS) is 11.9. The minimum atomic E-state index is -1.30. The maximum absolute atomic E-state index is 10.8. The van der Waals surface area contributed by atoms with Gasteiger partial charge in [-0.2, -0.15) is 5.26 Å². The van der Waals surface area contributed by atoms with E-state index in [-0.39, 0.29) is 0 Å². The lowest BCUT2D eigenvalue weighted by Crippen LogP contribution is -2.08. The highest BCUT2D eigenvalue weighted by atomic mass is 16.6. The molecule has 0 bridgehead atoms. The molecule has 2 aromatic rings. The maximum Gasteiger partial charge on any atom is 0.322 e. The number of rotatable bonds is 2. The van der Waals surface area contributed by atoms with Crippen LogP contribution < -0.4 is 0 Å². The zero-order chi connectivity index (χ0) is 11.5. The third kappa shape index (κ3) is 1.59. The number of benzene rings is 2. The number of nitro groups is 1. The first-order valence-corrected chi connectivity index (χ1v) is 4.75. The van der Waals surface area contributed by atoms with Gasteiger partial charge in [-0.3, -0.25) is 10.1 Å². The van der Waals surface area contributed by atoms with Crippen molar-refractivity contribution in [3.63, 3.8) is 0 Å². The summed E-state index contributed by atoms with van der Waals surface area (Å²) in [6, 6.07) is 13.0. The third-order valence-corrected chi connectivity index (χ3v) is 2.45. The Morgan fingerprint density at radius 1 is 1.19 bits per heavy atom. The van der Waals surface area contributed by atoms with E-state index in [2.05, 4.69) is 0 Å². The highest BCUT2D eigenvalue weighted by Crippen LogP contribution is 2.25. The van der Waals surface area contributed by atoms with Crippen LogP contribution in [0.3, 0.4) is 0 Å². The SMILES string of the molecule is N#CC(c1cccc2ccccc12)[N+](=O)[O-]. The highest BCUT2D eigenvalue weighted by Gasteiger charge is 2.23. The lowest BCUT2D eigenvalue weighted by molar-refractivity contribution is -0.512. The maximum atomic E-state index is 10.8. The largest absolute Gasteiger partial charge is 0.322 e. The molecule has 0 spiro atoms. The van der Waals surface area contributed by atoms with Crippen LogP contribution in [-0.4, -0.2) is 4.92 Å². The fourth-order valence-corrected chi connectivity index (χ4v) is 1.72. The van der Waals surface area contributed by atoms with Crippen molar-refractivity contribution >= 4 is 10.8 Å². The summed E-state index contributed by atoms with van der Waals surface area (Å²) < 4.78 is 0. The first-order valence-electron chi connectivity index (χ1n) is 4.75. The molecule has 0 radical (unpaired) electrons. The van der Waals surface area contributed by atoms with Crippen molar-refractivity contribution in [3.05, 3.63) is 58.1 Å². The van der Waals surface area contributed by atoms with Crippen molar-refractivity contribution in [2.75, 3.05) is 0 Å². The van der Waals surface area contributed by atoms with Crippen molar-refractivity contribution in [2.45, 2.75) is 6.04 Å². The van der Waals surface area contributed by atoms with Crippen LogP contribution in [0.25, 0.3) is 10.8 Å². The van der Waals surface area contributed by atoms with E-state index in [1.165, 1.54) is 0 Å². The van der Waals surface area contributed by atoms with E-state index in [4.69, 9.17) is 5.26 Å². The smallest absolute Gasteiger partial charge is 0.263 e. The van der Waals surface area contributed by atoms with Gasteiger partial charge in [-0.1, -0.05) is 42.5 Å². The Hall–Kier alpha value is -2.41. The van der Waals surface area contributed by atoms with Crippen LogP contribution in [0.4, 0.5) is 0 Å². The molecule has 0 aromatic heterocycles. The summed E-state index contributed by atoms with van der Waals surface area (Å²) in [6.45, 7) is 0. The van der Waals surface area contributed by atoms with Gasteiger partial charge in [0.15, 0.2) is 0 Å². The van der Waals surface area contributed by atoms with E-state index in [1.54, 1.807) is 30.3 Å². The summed E-state index contributed by atoms with van der Waals surface area (Å²) in [5, 5.41) is 21.2. The predicted molar refractivity (Wildman–Crippen MR) is 59.3 cm³/mol. The summed E-state index contributed by atoms with van der Waals surface area (Å²) in [4.78, 5) is 10.2. The zero-order valence-electron chi connectivity index (χ0n) is 8.33. The minimum Gasteiger partial charge on any atom is -0.263 e. The first-order chi connectivity index (χ1) is 7.74. The lowest BCUT2D eigenvalue weighted by Gasteiger charge is -2.05. The Kier molecular flexibility index (Phi) is 2.52. The van der Waals surface area contributed by atoms with Crippen LogP contribution in [0.2, 0.25) is 0 Å². The quantitative estimate of drug-likeness (QED) is 0.567. The Morgan fingerprint density at radius 2 is 1.88 bits per heavy atom. The molecule has 4 heteroatoms. The molecular weight excluding hydrogens is 204 g/mol. The van der Waals surface area contributed by atoms with Gasteiger partial charge in [0.05, 0.1) is 0 Å². The van der Waals surface area contributed by atoms with Gasteiger partial charge in [0.1, 0.15) is 6.07 Å². The Labute approximate surface area is 91.9 Å². The number of nitriles is 1. The topological polar surface area (TPSA) is 66.9 Å². The summed E-state index contributed by atoms with van der Waals surface area (Å²) in [5.74, 6) is 0. The van der Waals surface area contributed by atoms with Gasteiger partial charge in [-0.05, 0) is 10.8 Å². The fourth-order valence-electron chi connectivity index (χ4n) is 1.72. The monoisotopic (exact) mass is 212 g/mol. The van der Waals surface area contributed by atoms with Crippen LogP contribution in [0.15, 0.2) is 42.5 Å². The van der Waals surface area contributed by atoms with Crippen LogP contribution >= 0.6 is 0 Å². The Bertz CT molecular complexity index is 582. The van der Waals surface area contributed by atoms with Gasteiger partial charge in [-0.25, -0.2) is 0 Å². The average molecular weight is 212 g/mol. The number of hydrogen-bond donors (Lipinski definition) is 0. The third-order valence-electron chi connectivity index (χ3n) is 2.45. The molecule has 0 N–H and O–H groups in total. The molecule has 78 valence electrons. The van der Waals surface area contributed by atoms with E-state index in [9.17, 15) is 10.1 Å². The molecule has 0 amide bonds. The van der Waals surface area contributed by atoms with Crippen LogP contribution in [0.1, 0.15) is 11.6 Å². The van der Waals surface area contributed by atoms with E-state index in [0.29, 0.717) is 5.56 Å². The zero-order valence-corrected chi connectivity index (χ0v) is 8.33. The van der Waals surface area contributed by atoms with Gasteiger partial charge in [0, 0.05) is 10.5 Å². The molecule has 16 heavy (non-hydrogen) atoms. The predicted octanol–water partition coefficient (Wildman–Crippen LogP) is 2.68. The van der Waals surface area contributed by atoms with Crippen molar-refractivity contribution in [1.29, 1.82) is 5.26 Å². The van der Waals surface area contributed by atoms with Crippen LogP contribution in [-0.2, 0) is 0 Å². The van der Waals surface area contributed by atoms with Crippen molar-refractivity contribution in [1.82, 2.24) is 0 Å². The van der Waals surface area contributed by atoms with Gasteiger partial charge in [0.2, 0.25) is 0 Å². The molecule has 0 aliphatic rings. The Morgan fingerprint density at radius 3 is 2.56 bits per heavy atom. The molecule has 4 nitrogen and oxygen atoms in total. The number of nitrogens with zero attached hydrogens (tertiary/aromatic N) is 2. The molecule has 1 atom stereocenters.